The maximum atomic E-state index is 6.16. The van der Waals surface area contributed by atoms with Crippen LogP contribution in [0.4, 0.5) is 0 Å². The predicted molar refractivity (Wildman–Crippen MR) is 576 cm³/mol. The van der Waals surface area contributed by atoms with Crippen LogP contribution in [0.15, 0.2) is 464 Å². The van der Waals surface area contributed by atoms with E-state index < -0.39 is 0 Å². The zero-order valence-electron chi connectivity index (χ0n) is 70.5. The first-order valence-electron chi connectivity index (χ1n) is 43.9. The first kappa shape index (κ1) is 79.7. The number of fused-ring (bicyclic) bond motifs is 24. The van der Waals surface area contributed by atoms with Crippen LogP contribution in [0, 0.1) is 0 Å². The Hall–Kier alpha value is -14.4. The molecule has 0 aliphatic carbocycles. The number of benzene rings is 20. The molecule has 28 aromatic rings. The molecule has 0 saturated heterocycles. The van der Waals surface area contributed by atoms with Gasteiger partial charge in [0.05, 0.1) is 44.1 Å². The largest absolute Gasteiger partial charge is 0.456 e. The molecule has 12 heteroatoms. The molecule has 0 fully saturated rings. The van der Waals surface area contributed by atoms with Gasteiger partial charge in [0, 0.05) is 146 Å². The standard InChI is InChI=1S/2C30H18BrNO.2C30H18BrNS/c31-21-12-13-24-26-17-20(11-15-29(26)33-30(24)18-21)19-10-14-28-25(16-19)23-8-4-5-9-27(23)32(28)22-6-2-1-3-7-22;31-21-12-15-29-26(18-21)24-13-10-20(17-30(24)33-29)19-11-14-28-25(16-19)23-8-4-5-9-27(23)32(28)22-6-2-1-3-7-22;31-21-12-13-24-26-17-20(11-15-29(26)33-30(24)18-21)19-10-14-28-25(16-19)23-8-4-5-9-27(23)32(28)22-6-2-1-3-7-22;31-21-12-15-29-26(18-21)24-13-10-20(17-30(24)33-29)19-11-14-28-25(16-19)23-8-4-5-9-27(23)32(28)22-6-2-1-3-7-22/h4*1-18H. The average Bonchev–Trinajstić information content (AvgIpc) is 1.68. The Bertz CT molecular complexity index is 8940. The molecule has 0 N–H and O–H groups in total. The smallest absolute Gasteiger partial charge is 0.136 e. The van der Waals surface area contributed by atoms with E-state index in [1.807, 2.05) is 40.9 Å². The molecule has 0 atom stereocenters. The van der Waals surface area contributed by atoms with Gasteiger partial charge in [-0.25, -0.2) is 0 Å². The second kappa shape index (κ2) is 32.9. The molecule has 0 radical (unpaired) electrons. The van der Waals surface area contributed by atoms with E-state index in [1.165, 1.54) is 189 Å². The lowest BCUT2D eigenvalue weighted by molar-refractivity contribution is 0.668. The maximum absolute atomic E-state index is 6.16. The van der Waals surface area contributed by atoms with Gasteiger partial charge in [-0.05, 0) is 275 Å². The van der Waals surface area contributed by atoms with Crippen LogP contribution in [-0.4, -0.2) is 18.3 Å². The Morgan fingerprint density at radius 1 is 0.152 bits per heavy atom. The fraction of sp³-hybridized carbons (Fsp3) is 0. The Labute approximate surface area is 799 Å². The number of thiophene rings is 2. The van der Waals surface area contributed by atoms with Gasteiger partial charge in [-0.15, -0.1) is 22.7 Å². The van der Waals surface area contributed by atoms with E-state index in [0.29, 0.717) is 0 Å². The first-order chi connectivity index (χ1) is 65.0. The molecule has 624 valence electrons. The number of furan rings is 2. The van der Waals surface area contributed by atoms with E-state index in [2.05, 4.69) is 501 Å². The minimum Gasteiger partial charge on any atom is -0.456 e. The summed E-state index contributed by atoms with van der Waals surface area (Å²) in [4.78, 5) is 0. The van der Waals surface area contributed by atoms with Gasteiger partial charge in [-0.3, -0.25) is 0 Å². The molecule has 0 unspecified atom stereocenters. The van der Waals surface area contributed by atoms with Crippen molar-refractivity contribution in [2.45, 2.75) is 0 Å². The number of halogens is 4. The van der Waals surface area contributed by atoms with Crippen LogP contribution in [0.1, 0.15) is 0 Å². The van der Waals surface area contributed by atoms with Gasteiger partial charge in [0.25, 0.3) is 0 Å². The van der Waals surface area contributed by atoms with Gasteiger partial charge in [0.2, 0.25) is 0 Å². The molecule has 8 aromatic heterocycles. The van der Waals surface area contributed by atoms with Crippen molar-refractivity contribution in [3.05, 3.63) is 455 Å². The Kier molecular flexibility index (Phi) is 19.9. The zero-order valence-corrected chi connectivity index (χ0v) is 78.5. The topological polar surface area (TPSA) is 46.0 Å². The van der Waals surface area contributed by atoms with Crippen LogP contribution in [0.25, 0.3) is 239 Å². The molecule has 0 aliphatic heterocycles. The summed E-state index contributed by atoms with van der Waals surface area (Å²) in [7, 11) is 0. The van der Waals surface area contributed by atoms with Crippen molar-refractivity contribution in [1.29, 1.82) is 0 Å². The first-order valence-corrected chi connectivity index (χ1v) is 48.7. The summed E-state index contributed by atoms with van der Waals surface area (Å²) >= 11 is 18.1. The van der Waals surface area contributed by atoms with Crippen molar-refractivity contribution in [2.24, 2.45) is 0 Å². The highest BCUT2D eigenvalue weighted by molar-refractivity contribution is 9.11. The van der Waals surface area contributed by atoms with E-state index >= 15 is 0 Å². The van der Waals surface area contributed by atoms with Crippen molar-refractivity contribution in [1.82, 2.24) is 18.3 Å². The molecule has 28 rings (SSSR count). The van der Waals surface area contributed by atoms with Crippen LogP contribution in [0.3, 0.4) is 0 Å². The molecule has 132 heavy (non-hydrogen) atoms. The molecule has 8 heterocycles. The number of hydrogen-bond acceptors (Lipinski definition) is 4. The fourth-order valence-electron chi connectivity index (χ4n) is 19.8. The SMILES string of the molecule is Brc1ccc2c(c1)oc1ccc(-c3ccc4c(c3)c3ccccc3n4-c3ccccc3)cc12.Brc1ccc2c(c1)sc1ccc(-c3ccc4c(c3)c3ccccc3n4-c3ccccc3)cc12.Brc1ccc2oc3cc(-c4ccc5c(c4)c4ccccc4n5-c4ccccc4)ccc3c2c1.Brc1ccc2sc3cc(-c4ccc5c(c4)c4ccccc4n5-c4ccccc4)ccc3c2c1. The summed E-state index contributed by atoms with van der Waals surface area (Å²) in [6, 6.07) is 156. The minimum atomic E-state index is 0.901. The van der Waals surface area contributed by atoms with E-state index in [9.17, 15) is 0 Å². The Morgan fingerprint density at radius 2 is 0.409 bits per heavy atom. The third-order valence-electron chi connectivity index (χ3n) is 25.8. The lowest BCUT2D eigenvalue weighted by Gasteiger charge is -2.08. The number of nitrogens with zero attached hydrogens (tertiary/aromatic N) is 4. The number of rotatable bonds is 8. The summed E-state index contributed by atoms with van der Waals surface area (Å²) in [5.74, 6) is 0. The lowest BCUT2D eigenvalue weighted by Crippen LogP contribution is -1.92. The van der Waals surface area contributed by atoms with Crippen molar-refractivity contribution in [2.75, 3.05) is 0 Å². The molecule has 0 bridgehead atoms. The maximum Gasteiger partial charge on any atom is 0.136 e. The summed E-state index contributed by atoms with van der Waals surface area (Å²) < 4.78 is 31.3. The molecule has 0 aliphatic rings. The van der Waals surface area contributed by atoms with Crippen molar-refractivity contribution < 1.29 is 8.83 Å². The molecular weight excluding hydrogens is 1910 g/mol. The van der Waals surface area contributed by atoms with E-state index in [1.54, 1.807) is 0 Å². The zero-order chi connectivity index (χ0) is 87.8. The third kappa shape index (κ3) is 14.0. The molecule has 0 spiro atoms. The predicted octanol–water partition coefficient (Wildman–Crippen LogP) is 37.4. The van der Waals surface area contributed by atoms with Crippen molar-refractivity contribution in [3.8, 4) is 67.3 Å². The molecular formula is C120H72Br4N4O2S2. The van der Waals surface area contributed by atoms with Gasteiger partial charge >= 0.3 is 0 Å². The van der Waals surface area contributed by atoms with Gasteiger partial charge in [-0.2, -0.15) is 0 Å². The summed E-state index contributed by atoms with van der Waals surface area (Å²) in [5.41, 5.74) is 27.9. The number of para-hydroxylation sites is 8. The normalized spacial score (nSPS) is 11.8. The summed E-state index contributed by atoms with van der Waals surface area (Å²) in [6.45, 7) is 0. The Morgan fingerprint density at radius 3 is 0.848 bits per heavy atom. The van der Waals surface area contributed by atoms with Gasteiger partial charge in [0.1, 0.15) is 22.3 Å². The van der Waals surface area contributed by atoms with E-state index in [0.717, 1.165) is 67.3 Å². The fourth-order valence-corrected chi connectivity index (χ4v) is 23.6. The number of aromatic nitrogens is 4. The highest BCUT2D eigenvalue weighted by Gasteiger charge is 2.22. The van der Waals surface area contributed by atoms with Crippen molar-refractivity contribution in [3.63, 3.8) is 0 Å². The lowest BCUT2D eigenvalue weighted by atomic mass is 10.0. The second-order valence-electron chi connectivity index (χ2n) is 33.5. The van der Waals surface area contributed by atoms with E-state index in [4.69, 9.17) is 8.83 Å². The molecule has 6 nitrogen and oxygen atoms in total. The second-order valence-corrected chi connectivity index (χ2v) is 39.3. The van der Waals surface area contributed by atoms with Crippen LogP contribution in [0.5, 0.6) is 0 Å². The monoisotopic (exact) mass is 1980 g/mol. The van der Waals surface area contributed by atoms with Crippen LogP contribution in [-0.2, 0) is 0 Å². The Balaban J connectivity index is 0.0000000945. The summed E-state index contributed by atoms with van der Waals surface area (Å²) in [6.07, 6.45) is 0. The van der Waals surface area contributed by atoms with Gasteiger partial charge in [0.15, 0.2) is 0 Å². The quantitative estimate of drug-likeness (QED) is 0.152. The molecule has 20 aromatic carbocycles. The van der Waals surface area contributed by atoms with Crippen molar-refractivity contribution >= 4 is 258 Å². The van der Waals surface area contributed by atoms with Crippen LogP contribution < -0.4 is 0 Å². The molecule has 0 saturated carbocycles. The minimum absolute atomic E-state index is 0.901. The summed E-state index contributed by atoms with van der Waals surface area (Å²) in [5, 5.41) is 20.0. The van der Waals surface area contributed by atoms with Gasteiger partial charge in [-0.1, -0.05) is 270 Å². The average molecular weight is 1990 g/mol. The van der Waals surface area contributed by atoms with Gasteiger partial charge < -0.3 is 27.1 Å². The van der Waals surface area contributed by atoms with Crippen LogP contribution in [0.2, 0.25) is 0 Å². The third-order valence-corrected chi connectivity index (χ3v) is 30.1. The van der Waals surface area contributed by atoms with Crippen LogP contribution >= 0.6 is 86.4 Å². The molecule has 0 amide bonds. The highest BCUT2D eigenvalue weighted by Crippen LogP contribution is 2.46. The number of hydrogen-bond donors (Lipinski definition) is 0. The van der Waals surface area contributed by atoms with E-state index in [-0.39, 0.29) is 0 Å². The highest BCUT2D eigenvalue weighted by atomic mass is 79.9.